The topological polar surface area (TPSA) is 41.9 Å². The van der Waals surface area contributed by atoms with Crippen molar-refractivity contribution in [1.82, 2.24) is 4.90 Å². The van der Waals surface area contributed by atoms with E-state index in [1.54, 1.807) is 0 Å². The largest absolute Gasteiger partial charge is 0.389 e. The first-order valence-corrected chi connectivity index (χ1v) is 7.82. The van der Waals surface area contributed by atoms with Crippen LogP contribution in [0.25, 0.3) is 0 Å². The van der Waals surface area contributed by atoms with Crippen LogP contribution in [0.1, 0.15) is 45.4 Å². The lowest BCUT2D eigenvalue weighted by Crippen LogP contribution is -2.54. The maximum absolute atomic E-state index is 10.7. The molecule has 3 rings (SSSR count). The van der Waals surface area contributed by atoms with Gasteiger partial charge in [-0.05, 0) is 44.6 Å². The molecule has 0 amide bonds. The van der Waals surface area contributed by atoms with E-state index in [1.165, 1.54) is 0 Å². The summed E-state index contributed by atoms with van der Waals surface area (Å²) in [6, 6.07) is 0. The summed E-state index contributed by atoms with van der Waals surface area (Å²) in [7, 11) is 0. The number of hydrogen-bond acceptors (Lipinski definition) is 4. The summed E-state index contributed by atoms with van der Waals surface area (Å²) >= 11 is 0. The third kappa shape index (κ3) is 3.13. The van der Waals surface area contributed by atoms with Crippen molar-refractivity contribution in [1.29, 1.82) is 0 Å². The molecule has 2 saturated heterocycles. The number of piperidine rings is 1. The monoisotopic (exact) mass is 269 g/mol. The molecule has 0 aromatic rings. The van der Waals surface area contributed by atoms with Crippen molar-refractivity contribution < 1.29 is 14.6 Å². The normalized spacial score (nSPS) is 39.8. The minimum atomic E-state index is -0.482. The molecule has 3 aliphatic rings. The van der Waals surface area contributed by atoms with Gasteiger partial charge in [-0.1, -0.05) is 6.92 Å². The molecular weight excluding hydrogens is 242 g/mol. The molecule has 0 bridgehead atoms. The highest BCUT2D eigenvalue weighted by atomic mass is 16.7. The molecule has 1 aliphatic carbocycles. The van der Waals surface area contributed by atoms with Gasteiger partial charge in [-0.2, -0.15) is 0 Å². The zero-order valence-corrected chi connectivity index (χ0v) is 12.1. The Morgan fingerprint density at radius 3 is 2.53 bits per heavy atom. The van der Waals surface area contributed by atoms with E-state index in [0.717, 1.165) is 77.3 Å². The summed E-state index contributed by atoms with van der Waals surface area (Å²) in [6.07, 6.45) is 6.30. The Labute approximate surface area is 116 Å². The second kappa shape index (κ2) is 5.32. The molecule has 1 spiro atoms. The van der Waals surface area contributed by atoms with E-state index < -0.39 is 5.60 Å². The number of rotatable bonds is 2. The van der Waals surface area contributed by atoms with Gasteiger partial charge in [0, 0.05) is 13.0 Å². The SMILES string of the molecule is CC1CCC(O)(CN2CCCC3(C2)OCCO3)CC1. The lowest BCUT2D eigenvalue weighted by atomic mass is 9.79. The van der Waals surface area contributed by atoms with E-state index in [0.29, 0.717) is 0 Å². The lowest BCUT2D eigenvalue weighted by Gasteiger charge is -2.43. The molecule has 1 N–H and O–H groups in total. The number of β-amino-alcohol motifs (C(OH)–C–C–N with tert-alkyl or cyclic N) is 1. The Kier molecular flexibility index (Phi) is 3.87. The standard InChI is InChI=1S/C15H27NO3/c1-13-3-6-14(17,7-4-13)11-16-8-2-5-15(12-16)18-9-10-19-15/h13,17H,2-12H2,1H3. The van der Waals surface area contributed by atoms with E-state index in [-0.39, 0.29) is 5.79 Å². The predicted octanol–water partition coefficient (Wildman–Crippen LogP) is 1.77. The van der Waals surface area contributed by atoms with Gasteiger partial charge >= 0.3 is 0 Å². The van der Waals surface area contributed by atoms with Crippen LogP contribution in [-0.4, -0.2) is 54.2 Å². The Bertz CT molecular complexity index is 307. The second-order valence-corrected chi connectivity index (χ2v) is 6.83. The van der Waals surface area contributed by atoms with Gasteiger partial charge in [-0.3, -0.25) is 4.90 Å². The van der Waals surface area contributed by atoms with Crippen LogP contribution in [0.3, 0.4) is 0 Å². The highest BCUT2D eigenvalue weighted by Crippen LogP contribution is 2.35. The molecule has 4 heteroatoms. The summed E-state index contributed by atoms with van der Waals surface area (Å²) in [6.45, 7) is 6.40. The molecule has 2 heterocycles. The van der Waals surface area contributed by atoms with Crippen LogP contribution in [0.2, 0.25) is 0 Å². The Morgan fingerprint density at radius 1 is 1.16 bits per heavy atom. The van der Waals surface area contributed by atoms with E-state index in [1.807, 2.05) is 0 Å². The lowest BCUT2D eigenvalue weighted by molar-refractivity contribution is -0.195. The van der Waals surface area contributed by atoms with Gasteiger partial charge in [-0.15, -0.1) is 0 Å². The number of hydrogen-bond donors (Lipinski definition) is 1. The molecule has 19 heavy (non-hydrogen) atoms. The Morgan fingerprint density at radius 2 is 1.84 bits per heavy atom. The summed E-state index contributed by atoms with van der Waals surface area (Å²) in [5.41, 5.74) is -0.482. The van der Waals surface area contributed by atoms with Crippen molar-refractivity contribution in [2.75, 3.05) is 32.8 Å². The van der Waals surface area contributed by atoms with Crippen molar-refractivity contribution in [2.45, 2.75) is 56.8 Å². The van der Waals surface area contributed by atoms with Crippen LogP contribution in [0, 0.1) is 5.92 Å². The number of nitrogens with zero attached hydrogens (tertiary/aromatic N) is 1. The predicted molar refractivity (Wildman–Crippen MR) is 72.9 cm³/mol. The fourth-order valence-electron chi connectivity index (χ4n) is 3.81. The van der Waals surface area contributed by atoms with Crippen molar-refractivity contribution in [3.8, 4) is 0 Å². The highest BCUT2D eigenvalue weighted by molar-refractivity contribution is 4.91. The summed E-state index contributed by atoms with van der Waals surface area (Å²) in [5.74, 6) is 0.408. The van der Waals surface area contributed by atoms with Gasteiger partial charge in [0.1, 0.15) is 0 Å². The first-order chi connectivity index (χ1) is 9.09. The van der Waals surface area contributed by atoms with Crippen molar-refractivity contribution in [2.24, 2.45) is 5.92 Å². The van der Waals surface area contributed by atoms with Crippen molar-refractivity contribution in [3.05, 3.63) is 0 Å². The van der Waals surface area contributed by atoms with Gasteiger partial charge in [0.25, 0.3) is 0 Å². The van der Waals surface area contributed by atoms with Crippen LogP contribution >= 0.6 is 0 Å². The van der Waals surface area contributed by atoms with Crippen LogP contribution in [0.4, 0.5) is 0 Å². The molecule has 4 nitrogen and oxygen atoms in total. The van der Waals surface area contributed by atoms with E-state index in [2.05, 4.69) is 11.8 Å². The third-order valence-electron chi connectivity index (χ3n) is 5.03. The molecule has 2 aliphatic heterocycles. The van der Waals surface area contributed by atoms with E-state index >= 15 is 0 Å². The highest BCUT2D eigenvalue weighted by Gasteiger charge is 2.43. The van der Waals surface area contributed by atoms with Crippen LogP contribution < -0.4 is 0 Å². The number of aliphatic hydroxyl groups is 1. The molecule has 1 saturated carbocycles. The van der Waals surface area contributed by atoms with Gasteiger partial charge < -0.3 is 14.6 Å². The zero-order chi connectivity index (χ0) is 13.3. The Hall–Kier alpha value is -0.160. The maximum Gasteiger partial charge on any atom is 0.181 e. The fraction of sp³-hybridized carbons (Fsp3) is 1.00. The molecule has 0 atom stereocenters. The van der Waals surface area contributed by atoms with E-state index in [9.17, 15) is 5.11 Å². The molecule has 3 fully saturated rings. The number of ether oxygens (including phenoxy) is 2. The Balaban J connectivity index is 1.57. The van der Waals surface area contributed by atoms with Gasteiger partial charge in [0.2, 0.25) is 0 Å². The molecule has 0 radical (unpaired) electrons. The fourth-order valence-corrected chi connectivity index (χ4v) is 3.81. The maximum atomic E-state index is 10.7. The summed E-state index contributed by atoms with van der Waals surface area (Å²) in [5, 5.41) is 10.7. The molecule has 0 aromatic heterocycles. The zero-order valence-electron chi connectivity index (χ0n) is 12.1. The molecule has 0 unspecified atom stereocenters. The third-order valence-corrected chi connectivity index (χ3v) is 5.03. The first-order valence-electron chi connectivity index (χ1n) is 7.82. The molecule has 0 aromatic carbocycles. The van der Waals surface area contributed by atoms with Gasteiger partial charge in [0.05, 0.1) is 25.4 Å². The minimum absolute atomic E-state index is 0.365. The molecular formula is C15H27NO3. The average Bonchev–Trinajstić information content (AvgIpc) is 2.81. The summed E-state index contributed by atoms with van der Waals surface area (Å²) < 4.78 is 11.6. The second-order valence-electron chi connectivity index (χ2n) is 6.83. The van der Waals surface area contributed by atoms with E-state index in [4.69, 9.17) is 9.47 Å². The van der Waals surface area contributed by atoms with Crippen LogP contribution in [0.15, 0.2) is 0 Å². The quantitative estimate of drug-likeness (QED) is 0.829. The number of likely N-dealkylation sites (tertiary alicyclic amines) is 1. The van der Waals surface area contributed by atoms with Gasteiger partial charge in [-0.25, -0.2) is 0 Å². The van der Waals surface area contributed by atoms with Crippen LogP contribution in [-0.2, 0) is 9.47 Å². The van der Waals surface area contributed by atoms with Gasteiger partial charge in [0.15, 0.2) is 5.79 Å². The summed E-state index contributed by atoms with van der Waals surface area (Å²) in [4.78, 5) is 2.35. The van der Waals surface area contributed by atoms with Crippen molar-refractivity contribution in [3.63, 3.8) is 0 Å². The van der Waals surface area contributed by atoms with Crippen LogP contribution in [0.5, 0.6) is 0 Å². The average molecular weight is 269 g/mol. The minimum Gasteiger partial charge on any atom is -0.389 e. The first kappa shape index (κ1) is 13.8. The van der Waals surface area contributed by atoms with Crippen molar-refractivity contribution >= 4 is 0 Å². The molecule has 110 valence electrons. The smallest absolute Gasteiger partial charge is 0.181 e.